The Bertz CT molecular complexity index is 597. The van der Waals surface area contributed by atoms with Crippen LogP contribution in [-0.4, -0.2) is 27.5 Å². The summed E-state index contributed by atoms with van der Waals surface area (Å²) >= 11 is 0. The highest BCUT2D eigenvalue weighted by Gasteiger charge is 2.24. The van der Waals surface area contributed by atoms with Crippen molar-refractivity contribution in [3.8, 4) is 0 Å². The van der Waals surface area contributed by atoms with Crippen molar-refractivity contribution >= 4 is 21.6 Å². The van der Waals surface area contributed by atoms with Crippen molar-refractivity contribution in [3.05, 3.63) is 24.0 Å². The number of hydrogen-bond acceptors (Lipinski definition) is 4. The molecule has 0 aliphatic carbocycles. The fraction of sp³-hybridized carbons (Fsp3) is 0.364. The third-order valence-electron chi connectivity index (χ3n) is 2.81. The Labute approximate surface area is 109 Å². The summed E-state index contributed by atoms with van der Waals surface area (Å²) in [4.78, 5) is 11.1. The average Bonchev–Trinajstić information content (AvgIpc) is 2.80. The molecule has 0 saturated carbocycles. The zero-order chi connectivity index (χ0) is 14.0. The fourth-order valence-electron chi connectivity index (χ4n) is 1.79. The molecule has 0 aromatic heterocycles. The van der Waals surface area contributed by atoms with Crippen LogP contribution >= 0.6 is 0 Å². The van der Waals surface area contributed by atoms with Crippen LogP contribution in [0.1, 0.15) is 6.42 Å². The zero-order valence-corrected chi connectivity index (χ0v) is 10.7. The molecule has 1 aromatic carbocycles. The van der Waals surface area contributed by atoms with Crippen molar-refractivity contribution in [2.45, 2.75) is 11.3 Å². The Kier molecular flexibility index (Phi) is 3.83. The number of benzene rings is 1. The standard InChI is InChI=1S/C11H13FN2O4S/c12-9-5-8(1-2-10(9)19(13,16)17)14-11(15)7-3-4-18-6-7/h1-2,5,7H,3-4,6H2,(H,14,15)(H2,13,16,17). The van der Waals surface area contributed by atoms with E-state index in [1.54, 1.807) is 0 Å². The fourth-order valence-corrected chi connectivity index (χ4v) is 2.38. The Balaban J connectivity index is 2.14. The zero-order valence-electron chi connectivity index (χ0n) is 9.93. The maximum Gasteiger partial charge on any atom is 0.240 e. The van der Waals surface area contributed by atoms with Gasteiger partial charge in [-0.25, -0.2) is 17.9 Å². The minimum Gasteiger partial charge on any atom is -0.381 e. The van der Waals surface area contributed by atoms with Crippen LogP contribution in [0, 0.1) is 11.7 Å². The van der Waals surface area contributed by atoms with Crippen molar-refractivity contribution in [2.75, 3.05) is 18.5 Å². The SMILES string of the molecule is NS(=O)(=O)c1ccc(NC(=O)C2CCOC2)cc1F. The lowest BCUT2D eigenvalue weighted by Crippen LogP contribution is -2.23. The van der Waals surface area contributed by atoms with E-state index < -0.39 is 20.7 Å². The molecular weight excluding hydrogens is 275 g/mol. The first-order valence-electron chi connectivity index (χ1n) is 5.59. The molecule has 1 atom stereocenters. The van der Waals surface area contributed by atoms with E-state index in [1.165, 1.54) is 6.07 Å². The molecule has 8 heteroatoms. The summed E-state index contributed by atoms with van der Waals surface area (Å²) in [5, 5.41) is 7.35. The molecule has 104 valence electrons. The molecule has 6 nitrogen and oxygen atoms in total. The number of nitrogens with one attached hydrogen (secondary N) is 1. The van der Waals surface area contributed by atoms with E-state index in [4.69, 9.17) is 9.88 Å². The molecule has 0 bridgehead atoms. The predicted molar refractivity (Wildman–Crippen MR) is 65.3 cm³/mol. The summed E-state index contributed by atoms with van der Waals surface area (Å²) < 4.78 is 40.7. The van der Waals surface area contributed by atoms with E-state index in [-0.39, 0.29) is 17.5 Å². The van der Waals surface area contributed by atoms with Gasteiger partial charge in [-0.05, 0) is 24.6 Å². The molecule has 1 aliphatic rings. The van der Waals surface area contributed by atoms with Crippen LogP contribution < -0.4 is 10.5 Å². The van der Waals surface area contributed by atoms with Crippen LogP contribution in [0.2, 0.25) is 0 Å². The van der Waals surface area contributed by atoms with E-state index in [0.29, 0.717) is 19.6 Å². The number of primary sulfonamides is 1. The van der Waals surface area contributed by atoms with Gasteiger partial charge in [-0.1, -0.05) is 0 Å². The predicted octanol–water partition coefficient (Wildman–Crippen LogP) is 0.448. The van der Waals surface area contributed by atoms with E-state index in [2.05, 4.69) is 5.32 Å². The maximum atomic E-state index is 13.5. The summed E-state index contributed by atoms with van der Waals surface area (Å²) in [7, 11) is -4.10. The second-order valence-electron chi connectivity index (χ2n) is 4.24. The van der Waals surface area contributed by atoms with Gasteiger partial charge < -0.3 is 10.1 Å². The van der Waals surface area contributed by atoms with Crippen molar-refractivity contribution < 1.29 is 22.3 Å². The number of sulfonamides is 1. The van der Waals surface area contributed by atoms with Crippen LogP contribution in [0.25, 0.3) is 0 Å². The molecule has 1 saturated heterocycles. The Morgan fingerprint density at radius 3 is 2.74 bits per heavy atom. The molecular formula is C11H13FN2O4S. The lowest BCUT2D eigenvalue weighted by molar-refractivity contribution is -0.119. The molecule has 0 spiro atoms. The number of carbonyl (C=O) groups is 1. The molecule has 1 fully saturated rings. The van der Waals surface area contributed by atoms with Gasteiger partial charge in [0.1, 0.15) is 10.7 Å². The van der Waals surface area contributed by atoms with Gasteiger partial charge in [0.25, 0.3) is 0 Å². The Morgan fingerprint density at radius 2 is 2.21 bits per heavy atom. The first-order valence-corrected chi connectivity index (χ1v) is 7.13. The lowest BCUT2D eigenvalue weighted by atomic mass is 10.1. The van der Waals surface area contributed by atoms with Crippen LogP contribution in [0.3, 0.4) is 0 Å². The normalized spacial score (nSPS) is 19.4. The van der Waals surface area contributed by atoms with Crippen molar-refractivity contribution in [1.29, 1.82) is 0 Å². The highest BCUT2D eigenvalue weighted by atomic mass is 32.2. The first-order chi connectivity index (χ1) is 8.88. The van der Waals surface area contributed by atoms with Crippen LogP contribution in [-0.2, 0) is 19.6 Å². The number of ether oxygens (including phenoxy) is 1. The molecule has 1 amide bonds. The number of hydrogen-bond donors (Lipinski definition) is 2. The number of rotatable bonds is 3. The maximum absolute atomic E-state index is 13.5. The van der Waals surface area contributed by atoms with Gasteiger partial charge >= 0.3 is 0 Å². The summed E-state index contributed by atoms with van der Waals surface area (Å²) in [6.07, 6.45) is 0.615. The quantitative estimate of drug-likeness (QED) is 0.843. The largest absolute Gasteiger partial charge is 0.381 e. The van der Waals surface area contributed by atoms with Gasteiger partial charge in [-0.2, -0.15) is 0 Å². The third-order valence-corrected chi connectivity index (χ3v) is 3.75. The van der Waals surface area contributed by atoms with Gasteiger partial charge in [0, 0.05) is 12.3 Å². The number of amides is 1. The minimum atomic E-state index is -4.10. The molecule has 1 aliphatic heterocycles. The van der Waals surface area contributed by atoms with Gasteiger partial charge in [0.05, 0.1) is 12.5 Å². The van der Waals surface area contributed by atoms with E-state index >= 15 is 0 Å². The van der Waals surface area contributed by atoms with Crippen LogP contribution in [0.5, 0.6) is 0 Å². The van der Waals surface area contributed by atoms with E-state index in [1.807, 2.05) is 0 Å². The second kappa shape index (κ2) is 5.24. The topological polar surface area (TPSA) is 98.5 Å². The number of nitrogens with two attached hydrogens (primary N) is 1. The highest BCUT2D eigenvalue weighted by molar-refractivity contribution is 7.89. The molecule has 2 rings (SSSR count). The molecule has 19 heavy (non-hydrogen) atoms. The third kappa shape index (κ3) is 3.28. The molecule has 1 heterocycles. The highest BCUT2D eigenvalue weighted by Crippen LogP contribution is 2.20. The molecule has 1 aromatic rings. The van der Waals surface area contributed by atoms with Crippen LogP contribution in [0.15, 0.2) is 23.1 Å². The summed E-state index contributed by atoms with van der Waals surface area (Å²) in [6, 6.07) is 3.23. The molecule has 0 radical (unpaired) electrons. The average molecular weight is 288 g/mol. The summed E-state index contributed by atoms with van der Waals surface area (Å²) in [5.74, 6) is -1.54. The van der Waals surface area contributed by atoms with Gasteiger partial charge in [0.2, 0.25) is 15.9 Å². The van der Waals surface area contributed by atoms with E-state index in [9.17, 15) is 17.6 Å². The van der Waals surface area contributed by atoms with Crippen molar-refractivity contribution in [2.24, 2.45) is 11.1 Å². The Hall–Kier alpha value is -1.51. The second-order valence-corrected chi connectivity index (χ2v) is 5.77. The van der Waals surface area contributed by atoms with Crippen molar-refractivity contribution in [1.82, 2.24) is 0 Å². The minimum absolute atomic E-state index is 0.182. The monoisotopic (exact) mass is 288 g/mol. The number of carbonyl (C=O) groups excluding carboxylic acids is 1. The van der Waals surface area contributed by atoms with E-state index in [0.717, 1.165) is 12.1 Å². The number of anilines is 1. The van der Waals surface area contributed by atoms with Crippen LogP contribution in [0.4, 0.5) is 10.1 Å². The first kappa shape index (κ1) is 13.9. The molecule has 3 N–H and O–H groups in total. The van der Waals surface area contributed by atoms with Crippen molar-refractivity contribution in [3.63, 3.8) is 0 Å². The molecule has 1 unspecified atom stereocenters. The van der Waals surface area contributed by atoms with Gasteiger partial charge in [0.15, 0.2) is 0 Å². The lowest BCUT2D eigenvalue weighted by Gasteiger charge is -2.10. The number of halogens is 1. The summed E-state index contributed by atoms with van der Waals surface area (Å²) in [6.45, 7) is 0.861. The smallest absolute Gasteiger partial charge is 0.240 e. The van der Waals surface area contributed by atoms with Gasteiger partial charge in [-0.15, -0.1) is 0 Å². The summed E-state index contributed by atoms with van der Waals surface area (Å²) in [5.41, 5.74) is 0.182. The Morgan fingerprint density at radius 1 is 1.47 bits per heavy atom. The van der Waals surface area contributed by atoms with Gasteiger partial charge in [-0.3, -0.25) is 4.79 Å².